The molecule has 0 saturated heterocycles. The van der Waals surface area contributed by atoms with Gasteiger partial charge in [0.1, 0.15) is 21.4 Å². The van der Waals surface area contributed by atoms with Crippen LogP contribution in [0, 0.1) is 6.92 Å². The number of esters is 1. The summed E-state index contributed by atoms with van der Waals surface area (Å²) in [5, 5.41) is 4.13. The van der Waals surface area contributed by atoms with Crippen molar-refractivity contribution in [2.75, 3.05) is 7.11 Å². The number of fused-ring (bicyclic) bond motifs is 1. The predicted octanol–water partition coefficient (Wildman–Crippen LogP) is 6.46. The number of aromatic nitrogens is 2. The second-order valence-electron chi connectivity index (χ2n) is 7.23. The molecule has 0 aliphatic rings. The molecule has 7 heteroatoms. The summed E-state index contributed by atoms with van der Waals surface area (Å²) in [4.78, 5) is 21.9. The van der Waals surface area contributed by atoms with Crippen molar-refractivity contribution < 1.29 is 13.9 Å². The molecule has 4 rings (SSSR count). The van der Waals surface area contributed by atoms with Gasteiger partial charge in [0.2, 0.25) is 5.76 Å². The zero-order chi connectivity index (χ0) is 21.3. The van der Waals surface area contributed by atoms with E-state index >= 15 is 0 Å². The molecule has 3 heterocycles. The minimum absolute atomic E-state index is 0.207. The summed E-state index contributed by atoms with van der Waals surface area (Å²) in [6, 6.07) is 12.1. The molecule has 4 aromatic rings. The van der Waals surface area contributed by atoms with Gasteiger partial charge >= 0.3 is 5.97 Å². The van der Waals surface area contributed by atoms with E-state index in [-0.39, 0.29) is 5.76 Å². The van der Waals surface area contributed by atoms with E-state index in [1.165, 1.54) is 12.7 Å². The smallest absolute Gasteiger partial charge is 0.373 e. The molecule has 0 radical (unpaired) electrons. The minimum Gasteiger partial charge on any atom is -0.463 e. The molecule has 0 aliphatic heterocycles. The SMILES string of the molecule is COC(=O)c1ccc(CSc2nc(C)nc3scc(-c4ccc(C(C)C)cc4)c23)o1. The van der Waals surface area contributed by atoms with Gasteiger partial charge in [0, 0.05) is 10.9 Å². The largest absolute Gasteiger partial charge is 0.463 e. The van der Waals surface area contributed by atoms with Gasteiger partial charge in [-0.3, -0.25) is 0 Å². The number of ether oxygens (including phenoxy) is 1. The number of methoxy groups -OCH3 is 1. The first kappa shape index (κ1) is 20.6. The lowest BCUT2D eigenvalue weighted by atomic mass is 9.99. The summed E-state index contributed by atoms with van der Waals surface area (Å²) < 4.78 is 10.3. The molecular formula is C23H22N2O3S2. The van der Waals surface area contributed by atoms with E-state index in [0.29, 0.717) is 17.4 Å². The number of hydrogen-bond acceptors (Lipinski definition) is 7. The Morgan fingerprint density at radius 1 is 1.17 bits per heavy atom. The molecule has 0 atom stereocenters. The lowest BCUT2D eigenvalue weighted by molar-refractivity contribution is 0.0563. The molecule has 0 spiro atoms. The minimum atomic E-state index is -0.475. The maximum Gasteiger partial charge on any atom is 0.373 e. The Hall–Kier alpha value is -2.64. The fraction of sp³-hybridized carbons (Fsp3) is 0.261. The van der Waals surface area contributed by atoms with Gasteiger partial charge in [0.25, 0.3) is 0 Å². The Morgan fingerprint density at radius 2 is 1.93 bits per heavy atom. The Kier molecular flexibility index (Phi) is 5.92. The average molecular weight is 439 g/mol. The molecule has 0 unspecified atom stereocenters. The first-order valence-electron chi connectivity index (χ1n) is 9.62. The standard InChI is InChI=1S/C23H22N2O3S2/c1-13(2)15-5-7-16(8-6-15)18-12-30-22-20(18)21(24-14(3)25-22)29-11-17-9-10-19(28-17)23(26)27-4/h5-10,12-13H,11H2,1-4H3. The van der Waals surface area contributed by atoms with Gasteiger partial charge in [-0.1, -0.05) is 49.9 Å². The second-order valence-corrected chi connectivity index (χ2v) is 9.05. The molecule has 5 nitrogen and oxygen atoms in total. The van der Waals surface area contributed by atoms with Crippen molar-refractivity contribution in [2.24, 2.45) is 0 Å². The molecule has 154 valence electrons. The van der Waals surface area contributed by atoms with Gasteiger partial charge in [0.15, 0.2) is 0 Å². The van der Waals surface area contributed by atoms with E-state index < -0.39 is 5.97 Å². The van der Waals surface area contributed by atoms with Crippen molar-refractivity contribution in [2.45, 2.75) is 37.5 Å². The molecular weight excluding hydrogens is 416 g/mol. The average Bonchev–Trinajstić information content (AvgIpc) is 3.38. The number of carbonyl (C=O) groups excluding carboxylic acids is 1. The van der Waals surface area contributed by atoms with Crippen molar-refractivity contribution in [3.05, 3.63) is 64.7 Å². The number of carbonyl (C=O) groups is 1. The van der Waals surface area contributed by atoms with Crippen molar-refractivity contribution in [1.82, 2.24) is 9.97 Å². The quantitative estimate of drug-likeness (QED) is 0.195. The number of rotatable bonds is 6. The van der Waals surface area contributed by atoms with E-state index in [1.807, 2.05) is 6.92 Å². The van der Waals surface area contributed by atoms with Crippen LogP contribution >= 0.6 is 23.1 Å². The van der Waals surface area contributed by atoms with Crippen LogP contribution in [0.25, 0.3) is 21.3 Å². The summed E-state index contributed by atoms with van der Waals surface area (Å²) in [6.45, 7) is 6.30. The maximum absolute atomic E-state index is 11.6. The highest BCUT2D eigenvalue weighted by Crippen LogP contribution is 2.39. The van der Waals surface area contributed by atoms with E-state index in [2.05, 4.69) is 48.5 Å². The summed E-state index contributed by atoms with van der Waals surface area (Å²) >= 11 is 3.21. The maximum atomic E-state index is 11.6. The molecule has 0 saturated carbocycles. The second kappa shape index (κ2) is 8.62. The van der Waals surface area contributed by atoms with Gasteiger partial charge in [-0.05, 0) is 36.1 Å². The third-order valence-corrected chi connectivity index (χ3v) is 6.67. The lowest BCUT2D eigenvalue weighted by Crippen LogP contribution is -1.98. The zero-order valence-electron chi connectivity index (χ0n) is 17.3. The van der Waals surface area contributed by atoms with Gasteiger partial charge in [-0.2, -0.15) is 0 Å². The number of thioether (sulfide) groups is 1. The van der Waals surface area contributed by atoms with Crippen molar-refractivity contribution in [3.8, 4) is 11.1 Å². The van der Waals surface area contributed by atoms with E-state index in [4.69, 9.17) is 14.1 Å². The Labute approximate surface area is 183 Å². The highest BCUT2D eigenvalue weighted by molar-refractivity contribution is 7.98. The Balaban J connectivity index is 1.66. The summed E-state index contributed by atoms with van der Waals surface area (Å²) in [5.74, 6) is 2.23. The third kappa shape index (κ3) is 4.13. The van der Waals surface area contributed by atoms with Crippen molar-refractivity contribution in [3.63, 3.8) is 0 Å². The Bertz CT molecular complexity index is 1190. The summed E-state index contributed by atoms with van der Waals surface area (Å²) in [5.41, 5.74) is 3.62. The van der Waals surface area contributed by atoms with Gasteiger partial charge in [-0.25, -0.2) is 14.8 Å². The molecule has 0 aliphatic carbocycles. The topological polar surface area (TPSA) is 65.2 Å². The van der Waals surface area contributed by atoms with E-state index in [9.17, 15) is 4.79 Å². The van der Waals surface area contributed by atoms with Crippen LogP contribution in [-0.2, 0) is 10.5 Å². The summed E-state index contributed by atoms with van der Waals surface area (Å²) in [7, 11) is 1.34. The fourth-order valence-electron chi connectivity index (χ4n) is 3.18. The van der Waals surface area contributed by atoms with Crippen LogP contribution in [0.2, 0.25) is 0 Å². The number of thiophene rings is 1. The van der Waals surface area contributed by atoms with Crippen LogP contribution in [0.3, 0.4) is 0 Å². The first-order valence-corrected chi connectivity index (χ1v) is 11.5. The first-order chi connectivity index (χ1) is 14.5. The monoisotopic (exact) mass is 438 g/mol. The highest BCUT2D eigenvalue weighted by atomic mass is 32.2. The van der Waals surface area contributed by atoms with Crippen molar-refractivity contribution >= 4 is 39.3 Å². The van der Waals surface area contributed by atoms with Crippen LogP contribution < -0.4 is 0 Å². The predicted molar refractivity (Wildman–Crippen MR) is 121 cm³/mol. The van der Waals surface area contributed by atoms with Crippen LogP contribution in [0.1, 0.15) is 47.5 Å². The van der Waals surface area contributed by atoms with Crippen LogP contribution in [-0.4, -0.2) is 23.0 Å². The van der Waals surface area contributed by atoms with Crippen LogP contribution in [0.5, 0.6) is 0 Å². The third-order valence-electron chi connectivity index (χ3n) is 4.80. The van der Waals surface area contributed by atoms with E-state index in [0.717, 1.165) is 32.2 Å². The molecule has 1 aromatic carbocycles. The van der Waals surface area contributed by atoms with E-state index in [1.54, 1.807) is 35.2 Å². The van der Waals surface area contributed by atoms with Gasteiger partial charge < -0.3 is 9.15 Å². The molecule has 0 fully saturated rings. The number of aryl methyl sites for hydroxylation is 1. The van der Waals surface area contributed by atoms with Gasteiger partial charge in [-0.15, -0.1) is 11.3 Å². The van der Waals surface area contributed by atoms with Crippen LogP contribution in [0.4, 0.5) is 0 Å². The van der Waals surface area contributed by atoms with Crippen molar-refractivity contribution in [1.29, 1.82) is 0 Å². The molecule has 0 N–H and O–H groups in total. The number of furan rings is 1. The number of nitrogens with zero attached hydrogens (tertiary/aromatic N) is 2. The molecule has 30 heavy (non-hydrogen) atoms. The molecule has 3 aromatic heterocycles. The number of hydrogen-bond donors (Lipinski definition) is 0. The highest BCUT2D eigenvalue weighted by Gasteiger charge is 2.17. The summed E-state index contributed by atoms with van der Waals surface area (Å²) in [6.07, 6.45) is 0. The van der Waals surface area contributed by atoms with Crippen LogP contribution in [0.15, 0.2) is 51.2 Å². The lowest BCUT2D eigenvalue weighted by Gasteiger charge is -2.08. The van der Waals surface area contributed by atoms with Gasteiger partial charge in [0.05, 0.1) is 18.2 Å². The molecule has 0 bridgehead atoms. The Morgan fingerprint density at radius 3 is 2.63 bits per heavy atom. The number of benzene rings is 1. The normalized spacial score (nSPS) is 11.4. The fourth-order valence-corrected chi connectivity index (χ4v) is 5.22. The molecule has 0 amide bonds. The zero-order valence-corrected chi connectivity index (χ0v) is 18.9.